The molecule has 1 aromatic carbocycles. The van der Waals surface area contributed by atoms with Crippen LogP contribution in [-0.4, -0.2) is 12.2 Å². The van der Waals surface area contributed by atoms with Gasteiger partial charge in [0.15, 0.2) is 0 Å². The number of methoxy groups -OCH3 is 1. The first-order valence-corrected chi connectivity index (χ1v) is 7.36. The van der Waals surface area contributed by atoms with Crippen LogP contribution in [0.15, 0.2) is 23.6 Å². The summed E-state index contributed by atoms with van der Waals surface area (Å²) in [5, 5.41) is 12.7. The van der Waals surface area contributed by atoms with Crippen LogP contribution < -0.4 is 4.74 Å². The molecule has 0 bridgehead atoms. The van der Waals surface area contributed by atoms with Crippen molar-refractivity contribution in [1.82, 2.24) is 0 Å². The van der Waals surface area contributed by atoms with Gasteiger partial charge in [-0.3, -0.25) is 0 Å². The minimum Gasteiger partial charge on any atom is -0.496 e. The maximum Gasteiger partial charge on any atom is 0.128 e. The zero-order valence-electron chi connectivity index (χ0n) is 11.9. The average Bonchev–Trinajstić information content (AvgIpc) is 2.89. The normalized spacial score (nSPS) is 12.5. The van der Waals surface area contributed by atoms with E-state index in [1.807, 2.05) is 24.4 Å². The number of hydrogen-bond acceptors (Lipinski definition) is 3. The smallest absolute Gasteiger partial charge is 0.128 e. The van der Waals surface area contributed by atoms with E-state index >= 15 is 0 Å². The highest BCUT2D eigenvalue weighted by molar-refractivity contribution is 7.10. The van der Waals surface area contributed by atoms with Crippen LogP contribution in [0.3, 0.4) is 0 Å². The second kappa shape index (κ2) is 5.76. The standard InChI is InChI=1S/C16H20O2S/c1-5-12-8-9-19-16(12)14(17)13-7-6-10(2)11(3)15(13)18-4/h6-9,14,17H,5H2,1-4H3. The van der Waals surface area contributed by atoms with E-state index in [1.165, 1.54) is 11.1 Å². The molecule has 0 fully saturated rings. The molecule has 1 N–H and O–H groups in total. The summed E-state index contributed by atoms with van der Waals surface area (Å²) < 4.78 is 5.49. The molecule has 3 heteroatoms. The predicted octanol–water partition coefficient (Wildman–Crippen LogP) is 4.02. The molecule has 0 aliphatic rings. The molecule has 0 saturated heterocycles. The fourth-order valence-corrected chi connectivity index (χ4v) is 3.32. The second-order valence-electron chi connectivity index (χ2n) is 4.70. The largest absolute Gasteiger partial charge is 0.496 e. The van der Waals surface area contributed by atoms with Crippen molar-refractivity contribution in [2.24, 2.45) is 0 Å². The first-order chi connectivity index (χ1) is 9.10. The maximum atomic E-state index is 10.7. The van der Waals surface area contributed by atoms with Crippen molar-refractivity contribution < 1.29 is 9.84 Å². The Hall–Kier alpha value is -1.32. The molecule has 0 spiro atoms. The molecule has 2 aromatic rings. The van der Waals surface area contributed by atoms with Crippen LogP contribution in [0.5, 0.6) is 5.75 Å². The number of thiophene rings is 1. The van der Waals surface area contributed by atoms with E-state index < -0.39 is 6.10 Å². The zero-order valence-corrected chi connectivity index (χ0v) is 12.7. The monoisotopic (exact) mass is 276 g/mol. The van der Waals surface area contributed by atoms with Gasteiger partial charge in [0.25, 0.3) is 0 Å². The van der Waals surface area contributed by atoms with Crippen molar-refractivity contribution in [2.75, 3.05) is 7.11 Å². The third-order valence-corrected chi connectivity index (χ3v) is 4.63. The zero-order chi connectivity index (χ0) is 14.0. The van der Waals surface area contributed by atoms with E-state index in [4.69, 9.17) is 4.74 Å². The fraction of sp³-hybridized carbons (Fsp3) is 0.375. The van der Waals surface area contributed by atoms with E-state index in [1.54, 1.807) is 18.4 Å². The van der Waals surface area contributed by atoms with Gasteiger partial charge in [-0.2, -0.15) is 0 Å². The van der Waals surface area contributed by atoms with Crippen LogP contribution in [-0.2, 0) is 6.42 Å². The number of aliphatic hydroxyl groups is 1. The Kier molecular flexibility index (Phi) is 4.27. The van der Waals surface area contributed by atoms with Gasteiger partial charge in [0.1, 0.15) is 11.9 Å². The van der Waals surface area contributed by atoms with E-state index in [9.17, 15) is 5.11 Å². The van der Waals surface area contributed by atoms with Crippen LogP contribution in [0.2, 0.25) is 0 Å². The number of ether oxygens (including phenoxy) is 1. The third kappa shape index (κ3) is 2.53. The fourth-order valence-electron chi connectivity index (χ4n) is 2.32. The predicted molar refractivity (Wildman–Crippen MR) is 80.2 cm³/mol. The van der Waals surface area contributed by atoms with Crippen LogP contribution in [0.4, 0.5) is 0 Å². The van der Waals surface area contributed by atoms with Crippen LogP contribution in [0.1, 0.15) is 40.2 Å². The van der Waals surface area contributed by atoms with Gasteiger partial charge in [-0.15, -0.1) is 11.3 Å². The molecule has 1 heterocycles. The van der Waals surface area contributed by atoms with Crippen molar-refractivity contribution in [3.8, 4) is 5.75 Å². The van der Waals surface area contributed by atoms with Crippen molar-refractivity contribution in [3.63, 3.8) is 0 Å². The van der Waals surface area contributed by atoms with Crippen molar-refractivity contribution in [2.45, 2.75) is 33.3 Å². The highest BCUT2D eigenvalue weighted by Gasteiger charge is 2.20. The molecule has 0 aliphatic carbocycles. The highest BCUT2D eigenvalue weighted by Crippen LogP contribution is 2.37. The molecular weight excluding hydrogens is 256 g/mol. The van der Waals surface area contributed by atoms with Crippen LogP contribution in [0, 0.1) is 13.8 Å². The van der Waals surface area contributed by atoms with Crippen molar-refractivity contribution >= 4 is 11.3 Å². The molecule has 1 atom stereocenters. The van der Waals surface area contributed by atoms with Gasteiger partial charge < -0.3 is 9.84 Å². The molecular formula is C16H20O2S. The maximum absolute atomic E-state index is 10.7. The summed E-state index contributed by atoms with van der Waals surface area (Å²) >= 11 is 1.60. The lowest BCUT2D eigenvalue weighted by molar-refractivity contribution is 0.217. The van der Waals surface area contributed by atoms with E-state index in [-0.39, 0.29) is 0 Å². The van der Waals surface area contributed by atoms with Crippen molar-refractivity contribution in [1.29, 1.82) is 0 Å². The summed E-state index contributed by atoms with van der Waals surface area (Å²) in [6.07, 6.45) is 0.326. The second-order valence-corrected chi connectivity index (χ2v) is 5.64. The summed E-state index contributed by atoms with van der Waals surface area (Å²) in [5.41, 5.74) is 4.32. The van der Waals surface area contributed by atoms with Crippen LogP contribution >= 0.6 is 11.3 Å². The molecule has 2 rings (SSSR count). The summed E-state index contributed by atoms with van der Waals surface area (Å²) in [6.45, 7) is 6.19. The highest BCUT2D eigenvalue weighted by atomic mass is 32.1. The molecule has 19 heavy (non-hydrogen) atoms. The van der Waals surface area contributed by atoms with Gasteiger partial charge in [-0.25, -0.2) is 0 Å². The molecule has 102 valence electrons. The Labute approximate surface area is 118 Å². The molecule has 0 saturated carbocycles. The number of aliphatic hydroxyl groups excluding tert-OH is 1. The first-order valence-electron chi connectivity index (χ1n) is 6.48. The number of hydrogen-bond donors (Lipinski definition) is 1. The Morgan fingerprint density at radius 3 is 2.63 bits per heavy atom. The quantitative estimate of drug-likeness (QED) is 0.914. The summed E-state index contributed by atoms with van der Waals surface area (Å²) in [6, 6.07) is 6.08. The topological polar surface area (TPSA) is 29.5 Å². The molecule has 0 radical (unpaired) electrons. The van der Waals surface area contributed by atoms with Gasteiger partial charge in [0, 0.05) is 10.4 Å². The van der Waals surface area contributed by atoms with E-state index in [0.29, 0.717) is 0 Å². The van der Waals surface area contributed by atoms with Gasteiger partial charge in [0.2, 0.25) is 0 Å². The lowest BCUT2D eigenvalue weighted by atomic mass is 9.98. The van der Waals surface area contributed by atoms with E-state index in [0.717, 1.165) is 28.2 Å². The van der Waals surface area contributed by atoms with E-state index in [2.05, 4.69) is 19.9 Å². The minimum absolute atomic E-state index is 0.607. The summed E-state index contributed by atoms with van der Waals surface area (Å²) in [4.78, 5) is 1.02. The third-order valence-electron chi connectivity index (χ3n) is 3.62. The Bertz CT molecular complexity index is 572. The SMILES string of the molecule is CCc1ccsc1C(O)c1ccc(C)c(C)c1OC. The lowest BCUT2D eigenvalue weighted by Gasteiger charge is -2.18. The van der Waals surface area contributed by atoms with Gasteiger partial charge in [0.05, 0.1) is 7.11 Å². The first kappa shape index (κ1) is 14.1. The number of benzene rings is 1. The lowest BCUT2D eigenvalue weighted by Crippen LogP contribution is -2.04. The van der Waals surface area contributed by atoms with Crippen LogP contribution in [0.25, 0.3) is 0 Å². The minimum atomic E-state index is -0.607. The Morgan fingerprint density at radius 2 is 2.00 bits per heavy atom. The Balaban J connectivity index is 2.50. The molecule has 0 aliphatic heterocycles. The van der Waals surface area contributed by atoms with Gasteiger partial charge in [-0.05, 0) is 48.4 Å². The molecule has 1 unspecified atom stereocenters. The van der Waals surface area contributed by atoms with Gasteiger partial charge >= 0.3 is 0 Å². The number of aryl methyl sites for hydroxylation is 2. The van der Waals surface area contributed by atoms with Gasteiger partial charge in [-0.1, -0.05) is 19.1 Å². The number of rotatable bonds is 4. The molecule has 2 nitrogen and oxygen atoms in total. The molecule has 0 amide bonds. The van der Waals surface area contributed by atoms with Crippen molar-refractivity contribution in [3.05, 3.63) is 50.7 Å². The Morgan fingerprint density at radius 1 is 1.26 bits per heavy atom. The molecule has 1 aromatic heterocycles. The summed E-state index contributed by atoms with van der Waals surface area (Å²) in [7, 11) is 1.66. The average molecular weight is 276 g/mol. The summed E-state index contributed by atoms with van der Waals surface area (Å²) in [5.74, 6) is 0.794.